The first-order chi connectivity index (χ1) is 50.4. The van der Waals surface area contributed by atoms with Crippen LogP contribution >= 0.6 is 0 Å². The molecule has 0 amide bonds. The topological polar surface area (TPSA) is 201 Å². The largest absolute Gasteiger partial charge is 0.512 e. The van der Waals surface area contributed by atoms with E-state index in [-0.39, 0.29) is 132 Å². The zero-order valence-electron chi connectivity index (χ0n) is 66.7. The van der Waals surface area contributed by atoms with E-state index in [0.717, 1.165) is 90.1 Å². The Bertz CT molecular complexity index is 5000. The average Bonchev–Trinajstić information content (AvgIpc) is 0.827. The van der Waals surface area contributed by atoms with E-state index in [9.17, 15) is 23.6 Å². The van der Waals surface area contributed by atoms with Crippen LogP contribution in [-0.2, 0) is 106 Å². The molecule has 0 saturated carbocycles. The van der Waals surface area contributed by atoms with Crippen molar-refractivity contribution >= 4 is 66.7 Å². The second-order valence-electron chi connectivity index (χ2n) is 27.2. The summed E-state index contributed by atoms with van der Waals surface area (Å²) in [7, 11) is 0. The third-order valence-corrected chi connectivity index (χ3v) is 15.2. The number of pyridine rings is 4. The van der Waals surface area contributed by atoms with Crippen molar-refractivity contribution in [2.45, 2.75) is 145 Å². The predicted octanol–water partition coefficient (Wildman–Crippen LogP) is 23.4. The van der Waals surface area contributed by atoms with Gasteiger partial charge in [0.15, 0.2) is 23.1 Å². The molecule has 0 bridgehead atoms. The molecule has 111 heavy (non-hydrogen) atoms. The normalized spacial score (nSPS) is 10.7. The molecule has 12 rings (SSSR count). The molecule has 4 aromatic heterocycles. The van der Waals surface area contributed by atoms with Crippen LogP contribution in [0.1, 0.15) is 130 Å². The summed E-state index contributed by atoms with van der Waals surface area (Å²) in [5.41, 5.74) is 24.7. The molecule has 17 heteroatoms. The SMILES string of the molecule is CC(=O)C=C(C)O.CC(=O)C=C(C)O.CC(=O)C=C(C)O.CC(=O)C=C(C)O.Cc1[c-]c(-c2cc(F)c3ccccc3n2)cc(C)c1.Cc1[c-]c(-c2ccc3c(C)cccc3n2)cc(C)c1.Cc1[c-]c(-c2ccc3ccc(C)cc3n2)cc(C)c1.Cc1[c-]c(-c2ccc3ccc(CC(C)C)cc3n2)cc(C)c1.[Ir].[Ir].[Ir].[Ir]. The fraction of sp³-hybridized carbons (Fsp3) is 0.234. The molecule has 0 unspecified atom stereocenters. The molecule has 8 aromatic carbocycles. The van der Waals surface area contributed by atoms with Gasteiger partial charge in [-0.25, -0.2) is 4.39 Å². The minimum atomic E-state index is -0.242. The van der Waals surface area contributed by atoms with E-state index in [0.29, 0.717) is 22.5 Å². The van der Waals surface area contributed by atoms with Gasteiger partial charge >= 0.3 is 0 Å². The van der Waals surface area contributed by atoms with E-state index in [1.165, 1.54) is 135 Å². The quantitative estimate of drug-likeness (QED) is 0.0574. The Hall–Kier alpha value is -9.23. The second kappa shape index (κ2) is 49.2. The van der Waals surface area contributed by atoms with Crippen LogP contribution in [0.5, 0.6) is 0 Å². The summed E-state index contributed by atoms with van der Waals surface area (Å²) < 4.78 is 14.1. The van der Waals surface area contributed by atoms with Gasteiger partial charge in [-0.1, -0.05) is 154 Å². The van der Waals surface area contributed by atoms with Crippen LogP contribution in [-0.4, -0.2) is 63.5 Å². The third kappa shape index (κ3) is 36.2. The first-order valence-corrected chi connectivity index (χ1v) is 35.1. The molecule has 0 aliphatic rings. The Balaban J connectivity index is 0.000000658. The minimum absolute atomic E-state index is 0. The fourth-order valence-corrected chi connectivity index (χ4v) is 11.3. The van der Waals surface area contributed by atoms with Crippen molar-refractivity contribution in [1.82, 2.24) is 19.9 Å². The molecule has 0 fully saturated rings. The molecule has 4 N–H and O–H groups in total. The summed E-state index contributed by atoms with van der Waals surface area (Å²) in [5, 5.41) is 37.6. The predicted molar refractivity (Wildman–Crippen MR) is 438 cm³/mol. The van der Waals surface area contributed by atoms with Crippen molar-refractivity contribution in [3.63, 3.8) is 0 Å². The van der Waals surface area contributed by atoms with E-state index < -0.39 is 0 Å². The Kier molecular flexibility index (Phi) is 44.2. The Morgan fingerprint density at radius 3 is 1.05 bits per heavy atom. The number of para-hydroxylation sites is 1. The average molecular weight is 2200 g/mol. The van der Waals surface area contributed by atoms with Crippen LogP contribution in [0.25, 0.3) is 88.6 Å². The van der Waals surface area contributed by atoms with Crippen LogP contribution in [0.4, 0.5) is 4.39 Å². The molecule has 0 aliphatic carbocycles. The summed E-state index contributed by atoms with van der Waals surface area (Å²) in [6.45, 7) is 36.7. The summed E-state index contributed by atoms with van der Waals surface area (Å²) in [4.78, 5) is 59.0. The number of ketones is 4. The molecule has 0 spiro atoms. The summed E-state index contributed by atoms with van der Waals surface area (Å²) >= 11 is 0. The minimum Gasteiger partial charge on any atom is -0.512 e. The monoisotopic (exact) mass is 2200 g/mol. The molecular formula is C94H99FIr4N4O8-4. The maximum absolute atomic E-state index is 14.1. The second-order valence-corrected chi connectivity index (χ2v) is 27.2. The van der Waals surface area contributed by atoms with Crippen molar-refractivity contribution in [3.8, 4) is 45.0 Å². The standard InChI is InChI=1S/C21H22N.2C18H16N.C17H13FN.4C5H8O2.4Ir/c1-14(2)9-17-5-6-18-7-8-20(22-21(18)13-17)19-11-15(3)10-16(4)12-19;1-12-4-5-15-6-7-17(19-18(15)11-12)16-9-13(2)8-14(3)10-16;1-12-9-13(2)11-15(10-12)17-8-7-16-14(3)5-4-6-18(16)19-17;1-11-7-12(2)9-13(8-11)17-10-15(18)14-5-3-4-6-16(14)19-17;4*1-4(6)3-5(2)7;;;;/h5-8,10-11,13-14H,9H2,1-4H3;4-9,11H,1-3H3;4-10H,1-3H3;3-8,10H,1-2H3;4*3,6H,1-2H3;;;;/q4*-1;;;;;;;;. The van der Waals surface area contributed by atoms with Gasteiger partial charge in [-0.15, -0.1) is 140 Å². The Morgan fingerprint density at radius 1 is 0.351 bits per heavy atom. The molecule has 590 valence electrons. The van der Waals surface area contributed by atoms with Crippen molar-refractivity contribution in [2.75, 3.05) is 0 Å². The van der Waals surface area contributed by atoms with E-state index in [1.54, 1.807) is 6.07 Å². The maximum atomic E-state index is 14.1. The van der Waals surface area contributed by atoms with Gasteiger partial charge in [0.05, 0.1) is 45.1 Å². The van der Waals surface area contributed by atoms with E-state index >= 15 is 0 Å². The van der Waals surface area contributed by atoms with Crippen molar-refractivity contribution in [1.29, 1.82) is 0 Å². The summed E-state index contributed by atoms with van der Waals surface area (Å²) in [6.07, 6.45) is 5.76. The molecule has 12 aromatic rings. The number of hydrogen-bond acceptors (Lipinski definition) is 12. The number of aromatic nitrogens is 4. The van der Waals surface area contributed by atoms with Crippen LogP contribution in [0, 0.1) is 105 Å². The smallest absolute Gasteiger partial charge is 0.155 e. The first kappa shape index (κ1) is 99.8. The Morgan fingerprint density at radius 2 is 0.676 bits per heavy atom. The number of aliphatic hydroxyl groups excluding tert-OH is 4. The number of allylic oxidation sites excluding steroid dienone is 8. The van der Waals surface area contributed by atoms with Gasteiger partial charge < -0.3 is 20.4 Å². The van der Waals surface area contributed by atoms with E-state index in [4.69, 9.17) is 35.4 Å². The summed E-state index contributed by atoms with van der Waals surface area (Å²) in [6, 6.07) is 70.9. The van der Waals surface area contributed by atoms with Gasteiger partial charge in [0.1, 0.15) is 5.82 Å². The number of halogens is 1. The summed E-state index contributed by atoms with van der Waals surface area (Å²) in [5.74, 6) is 0.168. The van der Waals surface area contributed by atoms with Crippen LogP contribution < -0.4 is 0 Å². The van der Waals surface area contributed by atoms with Gasteiger partial charge in [0, 0.05) is 115 Å². The fourth-order valence-electron chi connectivity index (χ4n) is 11.3. The van der Waals surface area contributed by atoms with Crippen molar-refractivity contribution < 1.29 is 124 Å². The number of benzene rings is 8. The molecule has 4 heterocycles. The van der Waals surface area contributed by atoms with Gasteiger partial charge in [0.2, 0.25) is 0 Å². The van der Waals surface area contributed by atoms with E-state index in [2.05, 4.69) is 226 Å². The van der Waals surface area contributed by atoms with Crippen molar-refractivity contribution in [2.24, 2.45) is 5.92 Å². The molecule has 4 radical (unpaired) electrons. The van der Waals surface area contributed by atoms with Crippen LogP contribution in [0.3, 0.4) is 0 Å². The first-order valence-electron chi connectivity index (χ1n) is 35.1. The van der Waals surface area contributed by atoms with Gasteiger partial charge in [-0.3, -0.25) is 39.1 Å². The Labute approximate surface area is 709 Å². The molecule has 12 nitrogen and oxygen atoms in total. The molecule has 0 aliphatic heterocycles. The number of aliphatic hydroxyl groups is 4. The zero-order valence-corrected chi connectivity index (χ0v) is 76.3. The molecule has 0 saturated heterocycles. The van der Waals surface area contributed by atoms with E-state index in [1.807, 2.05) is 44.2 Å². The number of aryl methyl sites for hydroxylation is 10. The number of carbonyl (C=O) groups excluding carboxylic acids is 4. The third-order valence-electron chi connectivity index (χ3n) is 15.2. The number of rotatable bonds is 10. The molecular weight excluding hydrogens is 2100 g/mol. The van der Waals surface area contributed by atoms with Crippen molar-refractivity contribution in [3.05, 3.63) is 308 Å². The number of carbonyl (C=O) groups is 4. The van der Waals surface area contributed by atoms with Crippen LogP contribution in [0.2, 0.25) is 0 Å². The van der Waals surface area contributed by atoms with Gasteiger partial charge in [0.25, 0.3) is 0 Å². The van der Waals surface area contributed by atoms with Gasteiger partial charge in [-0.05, 0) is 168 Å². The molecule has 0 atom stereocenters. The van der Waals surface area contributed by atoms with Crippen LogP contribution in [0.15, 0.2) is 217 Å². The zero-order chi connectivity index (χ0) is 79.4. The van der Waals surface area contributed by atoms with Gasteiger partial charge in [-0.2, -0.15) is 0 Å². The number of hydrogen-bond donors (Lipinski definition) is 4. The number of fused-ring (bicyclic) bond motifs is 4. The maximum Gasteiger partial charge on any atom is 0.155 e. The number of nitrogens with zero attached hydrogens (tertiary/aromatic N) is 4.